The molecule has 6 heteroatoms. The lowest BCUT2D eigenvalue weighted by molar-refractivity contribution is -0.117. The second-order valence-electron chi connectivity index (χ2n) is 4.08. The molecule has 1 amide bonds. The van der Waals surface area contributed by atoms with Crippen molar-refractivity contribution in [2.75, 3.05) is 5.32 Å². The average molecular weight is 233 g/mol. The molecule has 0 radical (unpaired) electrons. The molecule has 1 atom stereocenters. The predicted octanol–water partition coefficient (Wildman–Crippen LogP) is 0.562. The Morgan fingerprint density at radius 1 is 1.59 bits per heavy atom. The van der Waals surface area contributed by atoms with E-state index >= 15 is 0 Å². The molecule has 0 aromatic carbocycles. The molecular weight excluding hydrogens is 218 g/mol. The van der Waals surface area contributed by atoms with Gasteiger partial charge in [-0.2, -0.15) is 5.10 Å². The van der Waals surface area contributed by atoms with Gasteiger partial charge >= 0.3 is 0 Å². The van der Waals surface area contributed by atoms with Crippen LogP contribution in [0, 0.1) is 6.92 Å². The number of rotatable bonds is 2. The molecule has 0 fully saturated rings. The van der Waals surface area contributed by atoms with Crippen LogP contribution in [0.2, 0.25) is 0 Å². The normalized spacial score (nSPS) is 12.7. The van der Waals surface area contributed by atoms with Gasteiger partial charge in [0, 0.05) is 12.4 Å². The molecule has 17 heavy (non-hydrogen) atoms. The number of nitrogens with zero attached hydrogens (tertiary/aromatic N) is 3. The highest BCUT2D eigenvalue weighted by Crippen LogP contribution is 2.19. The van der Waals surface area contributed by atoms with E-state index in [1.807, 2.05) is 20.0 Å². The molecule has 3 N–H and O–H groups in total. The molecule has 0 aliphatic heterocycles. The van der Waals surface area contributed by atoms with Crippen LogP contribution < -0.4 is 11.1 Å². The van der Waals surface area contributed by atoms with E-state index in [0.29, 0.717) is 5.69 Å². The molecule has 1 unspecified atom stereocenters. The predicted molar refractivity (Wildman–Crippen MR) is 65.5 cm³/mol. The Labute approximate surface area is 98.8 Å². The highest BCUT2D eigenvalue weighted by Gasteiger charge is 2.10. The summed E-state index contributed by atoms with van der Waals surface area (Å²) in [5, 5.41) is 7.89. The maximum absolute atomic E-state index is 11.5. The van der Waals surface area contributed by atoms with E-state index in [-0.39, 0.29) is 5.91 Å². The first-order chi connectivity index (χ1) is 7.99. The molecule has 0 aliphatic carbocycles. The number of fused-ring (bicyclic) bond motifs is 1. The van der Waals surface area contributed by atoms with E-state index < -0.39 is 6.04 Å². The van der Waals surface area contributed by atoms with Crippen LogP contribution in [0.4, 0.5) is 5.69 Å². The first kappa shape index (κ1) is 11.5. The van der Waals surface area contributed by atoms with Crippen molar-refractivity contribution in [1.82, 2.24) is 14.8 Å². The number of hydrogen-bond acceptors (Lipinski definition) is 4. The largest absolute Gasteiger partial charge is 0.323 e. The molecule has 2 heterocycles. The van der Waals surface area contributed by atoms with Crippen molar-refractivity contribution < 1.29 is 4.79 Å². The minimum Gasteiger partial charge on any atom is -0.323 e. The van der Waals surface area contributed by atoms with E-state index in [9.17, 15) is 4.79 Å². The molecule has 0 saturated carbocycles. The van der Waals surface area contributed by atoms with Crippen molar-refractivity contribution in [3.05, 3.63) is 18.0 Å². The number of nitrogens with one attached hydrogen (secondary N) is 1. The van der Waals surface area contributed by atoms with E-state index in [1.54, 1.807) is 17.8 Å². The van der Waals surface area contributed by atoms with Crippen molar-refractivity contribution in [3.8, 4) is 0 Å². The molecule has 2 aromatic rings. The summed E-state index contributed by atoms with van der Waals surface area (Å²) in [5.74, 6) is -0.229. The van der Waals surface area contributed by atoms with E-state index in [4.69, 9.17) is 5.73 Å². The third-order valence-electron chi connectivity index (χ3n) is 2.54. The lowest BCUT2D eigenvalue weighted by Crippen LogP contribution is -2.32. The highest BCUT2D eigenvalue weighted by atomic mass is 16.2. The van der Waals surface area contributed by atoms with Gasteiger partial charge in [0.05, 0.1) is 23.6 Å². The Bertz CT molecular complexity index is 572. The van der Waals surface area contributed by atoms with Gasteiger partial charge in [0.15, 0.2) is 5.65 Å². The van der Waals surface area contributed by atoms with Gasteiger partial charge < -0.3 is 11.1 Å². The monoisotopic (exact) mass is 233 g/mol. The summed E-state index contributed by atoms with van der Waals surface area (Å²) >= 11 is 0. The van der Waals surface area contributed by atoms with Crippen LogP contribution in [-0.2, 0) is 11.8 Å². The number of nitrogens with two attached hydrogens (primary N) is 1. The molecule has 0 bridgehead atoms. The summed E-state index contributed by atoms with van der Waals surface area (Å²) in [4.78, 5) is 15.7. The zero-order chi connectivity index (χ0) is 12.6. The van der Waals surface area contributed by atoms with Crippen molar-refractivity contribution >= 4 is 22.6 Å². The summed E-state index contributed by atoms with van der Waals surface area (Å²) in [6.45, 7) is 3.54. The minimum atomic E-state index is -0.541. The fraction of sp³-hybridized carbons (Fsp3) is 0.364. The third kappa shape index (κ3) is 2.12. The molecule has 2 rings (SSSR count). The quantitative estimate of drug-likeness (QED) is 0.793. The summed E-state index contributed by atoms with van der Waals surface area (Å²) in [6.07, 6.45) is 1.60. The minimum absolute atomic E-state index is 0.229. The van der Waals surface area contributed by atoms with Crippen molar-refractivity contribution in [3.63, 3.8) is 0 Å². The van der Waals surface area contributed by atoms with Gasteiger partial charge in [0.1, 0.15) is 0 Å². The van der Waals surface area contributed by atoms with Gasteiger partial charge in [-0.05, 0) is 19.9 Å². The Morgan fingerprint density at radius 2 is 2.29 bits per heavy atom. The average Bonchev–Trinajstić information content (AvgIpc) is 2.54. The van der Waals surface area contributed by atoms with Crippen molar-refractivity contribution in [1.29, 1.82) is 0 Å². The van der Waals surface area contributed by atoms with E-state index in [0.717, 1.165) is 16.7 Å². The molecular formula is C11H15N5O. The molecule has 90 valence electrons. The fourth-order valence-corrected chi connectivity index (χ4v) is 1.63. The topological polar surface area (TPSA) is 85.8 Å². The maximum Gasteiger partial charge on any atom is 0.241 e. The number of carbonyl (C=O) groups excluding carboxylic acids is 1. The van der Waals surface area contributed by atoms with Crippen LogP contribution >= 0.6 is 0 Å². The van der Waals surface area contributed by atoms with Crippen LogP contribution in [-0.4, -0.2) is 26.7 Å². The Morgan fingerprint density at radius 3 is 2.94 bits per heavy atom. The second-order valence-corrected chi connectivity index (χ2v) is 4.08. The second kappa shape index (κ2) is 4.14. The summed E-state index contributed by atoms with van der Waals surface area (Å²) in [6, 6.07) is 1.31. The maximum atomic E-state index is 11.5. The summed E-state index contributed by atoms with van der Waals surface area (Å²) in [7, 11) is 1.84. The Kier molecular flexibility index (Phi) is 2.81. The standard InChI is InChI=1S/C11H15N5O/c1-6(12)11(17)14-8-4-9-7(2)15-16(3)10(9)13-5-8/h4-6H,12H2,1-3H3,(H,14,17). The van der Waals surface area contributed by atoms with Crippen LogP contribution in [0.3, 0.4) is 0 Å². The fourth-order valence-electron chi connectivity index (χ4n) is 1.63. The number of aryl methyl sites for hydroxylation is 2. The Hall–Kier alpha value is -1.95. The summed E-state index contributed by atoms with van der Waals surface area (Å²) < 4.78 is 1.71. The SMILES string of the molecule is Cc1nn(C)c2ncc(NC(=O)C(C)N)cc12. The number of aromatic nitrogens is 3. The number of hydrogen-bond donors (Lipinski definition) is 2. The van der Waals surface area contributed by atoms with Gasteiger partial charge in [-0.1, -0.05) is 0 Å². The zero-order valence-electron chi connectivity index (χ0n) is 10.1. The molecule has 6 nitrogen and oxygen atoms in total. The van der Waals surface area contributed by atoms with E-state index in [2.05, 4.69) is 15.4 Å². The van der Waals surface area contributed by atoms with Crippen molar-refractivity contribution in [2.24, 2.45) is 12.8 Å². The molecule has 2 aromatic heterocycles. The number of anilines is 1. The van der Waals surface area contributed by atoms with Gasteiger partial charge in [0.25, 0.3) is 0 Å². The van der Waals surface area contributed by atoms with Crippen LogP contribution in [0.5, 0.6) is 0 Å². The smallest absolute Gasteiger partial charge is 0.241 e. The van der Waals surface area contributed by atoms with Gasteiger partial charge in [-0.25, -0.2) is 4.98 Å². The summed E-state index contributed by atoms with van der Waals surface area (Å²) in [5.41, 5.74) is 7.79. The molecule has 0 saturated heterocycles. The van der Waals surface area contributed by atoms with Gasteiger partial charge in [0.2, 0.25) is 5.91 Å². The molecule has 0 spiro atoms. The first-order valence-corrected chi connectivity index (χ1v) is 5.35. The lowest BCUT2D eigenvalue weighted by atomic mass is 10.2. The first-order valence-electron chi connectivity index (χ1n) is 5.35. The highest BCUT2D eigenvalue weighted by molar-refractivity contribution is 5.96. The van der Waals surface area contributed by atoms with Crippen LogP contribution in [0.1, 0.15) is 12.6 Å². The van der Waals surface area contributed by atoms with Crippen LogP contribution in [0.15, 0.2) is 12.3 Å². The number of amides is 1. The van der Waals surface area contributed by atoms with Gasteiger partial charge in [-0.15, -0.1) is 0 Å². The number of pyridine rings is 1. The van der Waals surface area contributed by atoms with Gasteiger partial charge in [-0.3, -0.25) is 9.48 Å². The zero-order valence-corrected chi connectivity index (χ0v) is 10.1. The lowest BCUT2D eigenvalue weighted by Gasteiger charge is -2.07. The third-order valence-corrected chi connectivity index (χ3v) is 2.54. The number of carbonyl (C=O) groups is 1. The van der Waals surface area contributed by atoms with Crippen molar-refractivity contribution in [2.45, 2.75) is 19.9 Å². The van der Waals surface area contributed by atoms with Crippen LogP contribution in [0.25, 0.3) is 11.0 Å². The Balaban J connectivity index is 2.38. The molecule has 0 aliphatic rings. The van der Waals surface area contributed by atoms with E-state index in [1.165, 1.54) is 0 Å².